The molecule has 180 valence electrons. The number of nitrogens with zero attached hydrogens (tertiary/aromatic N) is 3. The Balaban J connectivity index is 1.46. The van der Waals surface area contributed by atoms with Gasteiger partial charge in [0, 0.05) is 30.7 Å². The summed E-state index contributed by atoms with van der Waals surface area (Å²) in [5.74, 6) is 0.954. The second-order valence-electron chi connectivity index (χ2n) is 8.10. The summed E-state index contributed by atoms with van der Waals surface area (Å²) in [5, 5.41) is 0.580. The molecule has 0 aliphatic carbocycles. The fourth-order valence-electron chi connectivity index (χ4n) is 3.85. The first-order valence-electron chi connectivity index (χ1n) is 11.0. The average Bonchev–Trinajstić information content (AvgIpc) is 3.44. The van der Waals surface area contributed by atoms with Crippen molar-refractivity contribution in [2.24, 2.45) is 4.99 Å². The van der Waals surface area contributed by atoms with E-state index in [1.165, 1.54) is 15.6 Å². The van der Waals surface area contributed by atoms with Crippen molar-refractivity contribution in [2.45, 2.75) is 31.0 Å². The van der Waals surface area contributed by atoms with E-state index >= 15 is 0 Å². The third kappa shape index (κ3) is 5.18. The zero-order chi connectivity index (χ0) is 24.4. The van der Waals surface area contributed by atoms with Gasteiger partial charge in [0.15, 0.2) is 4.80 Å². The van der Waals surface area contributed by atoms with Crippen LogP contribution < -0.4 is 14.9 Å². The lowest BCUT2D eigenvalue weighted by Gasteiger charge is -2.21. The van der Waals surface area contributed by atoms with Crippen LogP contribution in [0.1, 0.15) is 23.5 Å². The predicted molar refractivity (Wildman–Crippen MR) is 135 cm³/mol. The van der Waals surface area contributed by atoms with Crippen molar-refractivity contribution in [2.75, 3.05) is 6.54 Å². The van der Waals surface area contributed by atoms with Crippen molar-refractivity contribution in [3.8, 4) is 0 Å². The highest BCUT2D eigenvalue weighted by molar-refractivity contribution is 7.89. The molecule has 2 aromatic heterocycles. The van der Waals surface area contributed by atoms with E-state index < -0.39 is 10.0 Å². The molecule has 1 aliphatic rings. The van der Waals surface area contributed by atoms with Crippen LogP contribution in [0.2, 0.25) is 5.02 Å². The van der Waals surface area contributed by atoms with Crippen LogP contribution in [0.15, 0.2) is 85.8 Å². The molecule has 10 heteroatoms. The summed E-state index contributed by atoms with van der Waals surface area (Å²) in [6.07, 6.45) is 2.54. The van der Waals surface area contributed by atoms with Crippen LogP contribution in [0.3, 0.4) is 0 Å². The molecule has 0 saturated carbocycles. The average molecular weight is 528 g/mol. The maximum Gasteiger partial charge on any atom is 0.270 e. The summed E-state index contributed by atoms with van der Waals surface area (Å²) in [5.41, 5.74) is 0.718. The topological polar surface area (TPSA) is 84.9 Å². The van der Waals surface area contributed by atoms with E-state index in [9.17, 15) is 13.2 Å². The SMILES string of the molecule is O=c1/c(=C\c2ccc(CN(Cc3ccc(Cl)cc3)S(=O)(=O)c3ccccc3)o2)sc2n1CCCN=2. The molecular formula is C25H22ClN3O4S2. The molecule has 0 unspecified atom stereocenters. The van der Waals surface area contributed by atoms with Crippen molar-refractivity contribution in [1.29, 1.82) is 0 Å². The molecule has 0 N–H and O–H groups in total. The monoisotopic (exact) mass is 527 g/mol. The molecule has 3 heterocycles. The molecule has 0 atom stereocenters. The fourth-order valence-corrected chi connectivity index (χ4v) is 6.40. The Labute approximate surface area is 211 Å². The van der Waals surface area contributed by atoms with E-state index in [1.807, 2.05) is 0 Å². The minimum absolute atomic E-state index is 0.0307. The summed E-state index contributed by atoms with van der Waals surface area (Å²) in [6.45, 7) is 1.57. The molecule has 0 radical (unpaired) electrons. The highest BCUT2D eigenvalue weighted by Gasteiger charge is 2.26. The van der Waals surface area contributed by atoms with Gasteiger partial charge in [-0.15, -0.1) is 0 Å². The van der Waals surface area contributed by atoms with Gasteiger partial charge in [0.1, 0.15) is 11.5 Å². The Bertz CT molecular complexity index is 1620. The van der Waals surface area contributed by atoms with Crippen LogP contribution in [0.25, 0.3) is 6.08 Å². The van der Waals surface area contributed by atoms with Gasteiger partial charge in [-0.1, -0.05) is 53.3 Å². The maximum atomic E-state index is 13.5. The van der Waals surface area contributed by atoms with E-state index in [4.69, 9.17) is 16.0 Å². The Morgan fingerprint density at radius 3 is 2.57 bits per heavy atom. The van der Waals surface area contributed by atoms with E-state index in [-0.39, 0.29) is 23.5 Å². The number of halogens is 1. The Kier molecular flexibility index (Phi) is 6.75. The van der Waals surface area contributed by atoms with Gasteiger partial charge in [-0.25, -0.2) is 8.42 Å². The molecule has 1 aliphatic heterocycles. The lowest BCUT2D eigenvalue weighted by atomic mass is 10.2. The van der Waals surface area contributed by atoms with Gasteiger partial charge in [0.2, 0.25) is 10.0 Å². The zero-order valence-corrected chi connectivity index (χ0v) is 21.0. The Morgan fingerprint density at radius 2 is 1.83 bits per heavy atom. The van der Waals surface area contributed by atoms with Crippen LogP contribution in [0.5, 0.6) is 0 Å². The number of sulfonamides is 1. The number of benzene rings is 2. The van der Waals surface area contributed by atoms with Gasteiger partial charge >= 0.3 is 0 Å². The van der Waals surface area contributed by atoms with Crippen LogP contribution in [-0.2, 0) is 29.7 Å². The van der Waals surface area contributed by atoms with Gasteiger partial charge in [0.25, 0.3) is 5.56 Å². The van der Waals surface area contributed by atoms with E-state index in [0.29, 0.717) is 27.6 Å². The van der Waals surface area contributed by atoms with E-state index in [0.717, 1.165) is 23.3 Å². The quantitative estimate of drug-likeness (QED) is 0.369. The second-order valence-corrected chi connectivity index (χ2v) is 11.5. The standard InChI is InChI=1S/C25H22ClN3O4S2/c26-19-9-7-18(8-10-19)16-28(35(31,32)22-5-2-1-3-6-22)17-21-12-11-20(33-21)15-23-24(30)29-14-4-13-27-25(29)34-23/h1-3,5-12,15H,4,13-14,16-17H2/b23-15+. The molecule has 0 spiro atoms. The number of furan rings is 1. The van der Waals surface area contributed by atoms with Crippen molar-refractivity contribution in [3.63, 3.8) is 0 Å². The molecule has 0 saturated heterocycles. The third-order valence-corrected chi connectivity index (χ3v) is 8.72. The molecule has 7 nitrogen and oxygen atoms in total. The predicted octanol–water partition coefficient (Wildman–Crippen LogP) is 3.40. The molecule has 2 aromatic carbocycles. The van der Waals surface area contributed by atoms with Crippen LogP contribution >= 0.6 is 22.9 Å². The van der Waals surface area contributed by atoms with Crippen LogP contribution in [0, 0.1) is 0 Å². The first-order chi connectivity index (χ1) is 16.9. The summed E-state index contributed by atoms with van der Waals surface area (Å²) < 4.78 is 36.5. The van der Waals surface area contributed by atoms with Gasteiger partial charge in [-0.3, -0.25) is 14.4 Å². The van der Waals surface area contributed by atoms with Crippen molar-refractivity contribution >= 4 is 39.0 Å². The first kappa shape index (κ1) is 23.7. The van der Waals surface area contributed by atoms with Crippen LogP contribution in [0.4, 0.5) is 0 Å². The third-order valence-electron chi connectivity index (χ3n) is 5.62. The number of thiazole rings is 1. The highest BCUT2D eigenvalue weighted by atomic mass is 35.5. The lowest BCUT2D eigenvalue weighted by Crippen LogP contribution is -2.33. The van der Waals surface area contributed by atoms with Crippen molar-refractivity contribution in [3.05, 3.63) is 109 Å². The van der Waals surface area contributed by atoms with E-state index in [2.05, 4.69) is 4.99 Å². The summed E-state index contributed by atoms with van der Waals surface area (Å²) in [7, 11) is -3.80. The number of hydrogen-bond donors (Lipinski definition) is 0. The number of hydrogen-bond acceptors (Lipinski definition) is 6. The molecule has 0 fully saturated rings. The summed E-state index contributed by atoms with van der Waals surface area (Å²) in [6, 6.07) is 18.8. The van der Waals surface area contributed by atoms with Crippen molar-refractivity contribution < 1.29 is 12.8 Å². The minimum Gasteiger partial charge on any atom is -0.460 e. The molecule has 35 heavy (non-hydrogen) atoms. The molecule has 0 amide bonds. The first-order valence-corrected chi connectivity index (χ1v) is 13.7. The Morgan fingerprint density at radius 1 is 1.06 bits per heavy atom. The normalized spacial score (nSPS) is 14.2. The number of rotatable bonds is 7. The highest BCUT2D eigenvalue weighted by Crippen LogP contribution is 2.23. The minimum atomic E-state index is -3.80. The van der Waals surface area contributed by atoms with Gasteiger partial charge < -0.3 is 4.42 Å². The van der Waals surface area contributed by atoms with Gasteiger partial charge in [0.05, 0.1) is 16.0 Å². The molecular weight excluding hydrogens is 506 g/mol. The zero-order valence-electron chi connectivity index (χ0n) is 18.6. The molecule has 4 aromatic rings. The lowest BCUT2D eigenvalue weighted by molar-refractivity contribution is 0.357. The van der Waals surface area contributed by atoms with Gasteiger partial charge in [-0.05, 0) is 48.4 Å². The largest absolute Gasteiger partial charge is 0.460 e. The number of aromatic nitrogens is 1. The summed E-state index contributed by atoms with van der Waals surface area (Å²) in [4.78, 5) is 18.0. The summed E-state index contributed by atoms with van der Waals surface area (Å²) >= 11 is 7.33. The second kappa shape index (κ2) is 9.94. The molecule has 5 rings (SSSR count). The van der Waals surface area contributed by atoms with Gasteiger partial charge in [-0.2, -0.15) is 4.31 Å². The Hall–Kier alpha value is -2.98. The van der Waals surface area contributed by atoms with E-state index in [1.54, 1.807) is 77.4 Å². The number of fused-ring (bicyclic) bond motifs is 1. The van der Waals surface area contributed by atoms with Crippen molar-refractivity contribution in [1.82, 2.24) is 8.87 Å². The fraction of sp³-hybridized carbons (Fsp3) is 0.200. The maximum absolute atomic E-state index is 13.5. The van der Waals surface area contributed by atoms with Crippen LogP contribution in [-0.4, -0.2) is 23.8 Å². The smallest absolute Gasteiger partial charge is 0.270 e. The molecule has 0 bridgehead atoms.